The van der Waals surface area contributed by atoms with E-state index in [9.17, 15) is 9.59 Å². The Morgan fingerprint density at radius 1 is 0.900 bits per heavy atom. The van der Waals surface area contributed by atoms with Gasteiger partial charge in [-0.25, -0.2) is 4.79 Å². The fourth-order valence-electron chi connectivity index (χ4n) is 1.90. The lowest BCUT2D eigenvalue weighted by Crippen LogP contribution is -2.37. The maximum absolute atomic E-state index is 11.4. The Hall–Kier alpha value is -1.30. The predicted molar refractivity (Wildman–Crippen MR) is 77.8 cm³/mol. The normalized spacial score (nSPS) is 14.0. The number of carbonyl (C=O) groups is 2. The molecular formula is C14H27N3O3. The van der Waals surface area contributed by atoms with E-state index >= 15 is 0 Å². The van der Waals surface area contributed by atoms with Crippen molar-refractivity contribution < 1.29 is 14.7 Å². The molecule has 0 aromatic carbocycles. The molecule has 20 heavy (non-hydrogen) atoms. The molecule has 0 bridgehead atoms. The summed E-state index contributed by atoms with van der Waals surface area (Å²) in [7, 11) is 0. The summed E-state index contributed by atoms with van der Waals surface area (Å²) in [4.78, 5) is 21.7. The van der Waals surface area contributed by atoms with E-state index in [1.807, 2.05) is 0 Å². The van der Waals surface area contributed by atoms with Crippen LogP contribution in [-0.4, -0.2) is 42.8 Å². The predicted octanol–water partition coefficient (Wildman–Crippen LogP) is 1.46. The van der Waals surface area contributed by atoms with Gasteiger partial charge in [0, 0.05) is 25.6 Å². The number of rotatable bonds is 12. The molecule has 2 amide bonds. The molecule has 1 saturated carbocycles. The number of hydrogen-bond donors (Lipinski definition) is 4. The lowest BCUT2D eigenvalue weighted by molar-refractivity contribution is -0.137. The fourth-order valence-corrected chi connectivity index (χ4v) is 1.90. The minimum atomic E-state index is -0.737. The standard InChI is InChI=1S/C14H27N3O3/c18-13(19)6-3-1-2-4-9-16-14(20)17-11-5-10-15-12-7-8-12/h12,15H,1-11H2,(H,18,19)(H2,16,17,20). The highest BCUT2D eigenvalue weighted by Crippen LogP contribution is 2.18. The van der Waals surface area contributed by atoms with Crippen molar-refractivity contribution in [3.63, 3.8) is 0 Å². The Labute approximate surface area is 120 Å². The van der Waals surface area contributed by atoms with E-state index < -0.39 is 5.97 Å². The van der Waals surface area contributed by atoms with Crippen LogP contribution < -0.4 is 16.0 Å². The molecule has 6 heteroatoms. The average Bonchev–Trinajstić information content (AvgIpc) is 3.21. The number of unbranched alkanes of at least 4 members (excludes halogenated alkanes) is 3. The zero-order valence-electron chi connectivity index (χ0n) is 12.1. The molecule has 1 aliphatic carbocycles. The van der Waals surface area contributed by atoms with Crippen LogP contribution in [-0.2, 0) is 4.79 Å². The molecule has 1 rings (SSSR count). The Balaban J connectivity index is 1.76. The van der Waals surface area contributed by atoms with Crippen LogP contribution in [0.25, 0.3) is 0 Å². The quantitative estimate of drug-likeness (QED) is 0.409. The van der Waals surface area contributed by atoms with Crippen LogP contribution in [0.15, 0.2) is 0 Å². The SMILES string of the molecule is O=C(O)CCCCCCNC(=O)NCCCNC1CC1. The topological polar surface area (TPSA) is 90.5 Å². The second-order valence-electron chi connectivity index (χ2n) is 5.32. The largest absolute Gasteiger partial charge is 0.481 e. The summed E-state index contributed by atoms with van der Waals surface area (Å²) in [6.45, 7) is 2.32. The van der Waals surface area contributed by atoms with Gasteiger partial charge in [-0.3, -0.25) is 4.79 Å². The summed E-state index contributed by atoms with van der Waals surface area (Å²) >= 11 is 0. The molecule has 1 fully saturated rings. The summed E-state index contributed by atoms with van der Waals surface area (Å²) in [6, 6.07) is 0.618. The van der Waals surface area contributed by atoms with Crippen LogP contribution in [0.2, 0.25) is 0 Å². The Morgan fingerprint density at radius 2 is 1.55 bits per heavy atom. The highest BCUT2D eigenvalue weighted by molar-refractivity contribution is 5.73. The minimum absolute atomic E-state index is 0.109. The van der Waals surface area contributed by atoms with Gasteiger partial charge < -0.3 is 21.1 Å². The minimum Gasteiger partial charge on any atom is -0.481 e. The number of carbonyl (C=O) groups excluding carboxylic acids is 1. The zero-order chi connectivity index (χ0) is 14.6. The lowest BCUT2D eigenvalue weighted by Gasteiger charge is -2.07. The van der Waals surface area contributed by atoms with Gasteiger partial charge in [0.15, 0.2) is 0 Å². The van der Waals surface area contributed by atoms with Crippen LogP contribution in [0.4, 0.5) is 4.79 Å². The molecule has 4 N–H and O–H groups in total. The zero-order valence-corrected chi connectivity index (χ0v) is 12.1. The molecule has 0 atom stereocenters. The van der Waals surface area contributed by atoms with Crippen LogP contribution in [0.3, 0.4) is 0 Å². The van der Waals surface area contributed by atoms with Crippen molar-refractivity contribution in [3.05, 3.63) is 0 Å². The van der Waals surface area contributed by atoms with Crippen LogP contribution in [0.1, 0.15) is 51.4 Å². The van der Waals surface area contributed by atoms with Gasteiger partial charge in [-0.15, -0.1) is 0 Å². The highest BCUT2D eigenvalue weighted by Gasteiger charge is 2.19. The highest BCUT2D eigenvalue weighted by atomic mass is 16.4. The maximum Gasteiger partial charge on any atom is 0.314 e. The van der Waals surface area contributed by atoms with Crippen LogP contribution in [0.5, 0.6) is 0 Å². The summed E-state index contributed by atoms with van der Waals surface area (Å²) in [5.41, 5.74) is 0. The fraction of sp³-hybridized carbons (Fsp3) is 0.857. The molecule has 0 spiro atoms. The lowest BCUT2D eigenvalue weighted by atomic mass is 10.1. The molecule has 0 saturated heterocycles. The van der Waals surface area contributed by atoms with Crippen molar-refractivity contribution in [2.75, 3.05) is 19.6 Å². The van der Waals surface area contributed by atoms with E-state index in [-0.39, 0.29) is 12.5 Å². The number of urea groups is 1. The van der Waals surface area contributed by atoms with Crippen LogP contribution >= 0.6 is 0 Å². The van der Waals surface area contributed by atoms with E-state index in [1.165, 1.54) is 12.8 Å². The van der Waals surface area contributed by atoms with E-state index in [1.54, 1.807) is 0 Å². The summed E-state index contributed by atoms with van der Waals surface area (Å²) in [6.07, 6.45) is 7.26. The second kappa shape index (κ2) is 10.5. The molecule has 1 aliphatic rings. The summed E-state index contributed by atoms with van der Waals surface area (Å²) < 4.78 is 0. The van der Waals surface area contributed by atoms with Gasteiger partial charge in [0.1, 0.15) is 0 Å². The summed E-state index contributed by atoms with van der Waals surface area (Å²) in [5.74, 6) is -0.737. The van der Waals surface area contributed by atoms with Crippen molar-refractivity contribution in [1.29, 1.82) is 0 Å². The Kier molecular flexibility index (Phi) is 8.78. The molecule has 0 unspecified atom stereocenters. The molecule has 0 aromatic rings. The molecular weight excluding hydrogens is 258 g/mol. The second-order valence-corrected chi connectivity index (χ2v) is 5.32. The van der Waals surface area contributed by atoms with Gasteiger partial charge >= 0.3 is 12.0 Å². The number of nitrogens with one attached hydrogen (secondary N) is 3. The summed E-state index contributed by atoms with van der Waals surface area (Å²) in [5, 5.41) is 17.5. The first-order valence-electron chi connectivity index (χ1n) is 7.65. The van der Waals surface area contributed by atoms with Gasteiger partial charge in [-0.1, -0.05) is 12.8 Å². The third kappa shape index (κ3) is 10.6. The Morgan fingerprint density at radius 3 is 2.20 bits per heavy atom. The monoisotopic (exact) mass is 285 g/mol. The van der Waals surface area contributed by atoms with Crippen molar-refractivity contribution in [2.24, 2.45) is 0 Å². The number of amides is 2. The van der Waals surface area contributed by atoms with Gasteiger partial charge in [-0.2, -0.15) is 0 Å². The first kappa shape index (κ1) is 16.8. The smallest absolute Gasteiger partial charge is 0.314 e. The number of carboxylic acid groups (broad SMARTS) is 1. The number of aliphatic carboxylic acids is 1. The van der Waals surface area contributed by atoms with Gasteiger partial charge in [0.25, 0.3) is 0 Å². The number of hydrogen-bond acceptors (Lipinski definition) is 3. The molecule has 0 heterocycles. The van der Waals surface area contributed by atoms with Gasteiger partial charge in [0.05, 0.1) is 0 Å². The molecule has 0 radical (unpaired) electrons. The van der Waals surface area contributed by atoms with E-state index in [0.717, 1.165) is 44.7 Å². The third-order valence-electron chi connectivity index (χ3n) is 3.25. The van der Waals surface area contributed by atoms with Crippen molar-refractivity contribution in [2.45, 2.75) is 57.4 Å². The van der Waals surface area contributed by atoms with E-state index in [0.29, 0.717) is 13.1 Å². The Bertz CT molecular complexity index is 293. The van der Waals surface area contributed by atoms with E-state index in [4.69, 9.17) is 5.11 Å². The average molecular weight is 285 g/mol. The number of carboxylic acids is 1. The van der Waals surface area contributed by atoms with Crippen molar-refractivity contribution >= 4 is 12.0 Å². The van der Waals surface area contributed by atoms with E-state index in [2.05, 4.69) is 16.0 Å². The molecule has 0 aliphatic heterocycles. The first-order chi connectivity index (χ1) is 9.68. The van der Waals surface area contributed by atoms with Crippen LogP contribution in [0, 0.1) is 0 Å². The van der Waals surface area contributed by atoms with Crippen molar-refractivity contribution in [1.82, 2.24) is 16.0 Å². The van der Waals surface area contributed by atoms with Gasteiger partial charge in [-0.05, 0) is 38.6 Å². The first-order valence-corrected chi connectivity index (χ1v) is 7.65. The molecule has 116 valence electrons. The molecule has 0 aromatic heterocycles. The molecule has 6 nitrogen and oxygen atoms in total. The third-order valence-corrected chi connectivity index (χ3v) is 3.25. The maximum atomic E-state index is 11.4. The van der Waals surface area contributed by atoms with Gasteiger partial charge in [0.2, 0.25) is 0 Å². The van der Waals surface area contributed by atoms with Crippen molar-refractivity contribution in [3.8, 4) is 0 Å².